The van der Waals surface area contributed by atoms with Gasteiger partial charge in [-0.2, -0.15) is 0 Å². The molecule has 33 heavy (non-hydrogen) atoms. The van der Waals surface area contributed by atoms with Gasteiger partial charge in [0.05, 0.1) is 19.3 Å². The van der Waals surface area contributed by atoms with Gasteiger partial charge in [0, 0.05) is 6.42 Å². The number of aliphatic hydroxyl groups is 7. The number of hydrogen-bond donors (Lipinski definition) is 7. The Morgan fingerprint density at radius 1 is 0.788 bits per heavy atom. The van der Waals surface area contributed by atoms with Crippen molar-refractivity contribution in [3.8, 4) is 0 Å². The first-order valence-electron chi connectivity index (χ1n) is 12.7. The first-order valence-corrected chi connectivity index (χ1v) is 12.7. The van der Waals surface area contributed by atoms with Crippen LogP contribution in [0.3, 0.4) is 0 Å². The highest BCUT2D eigenvalue weighted by Crippen LogP contribution is 2.35. The highest BCUT2D eigenvalue weighted by atomic mass is 16.6. The van der Waals surface area contributed by atoms with Crippen molar-refractivity contribution in [1.82, 2.24) is 0 Å². The van der Waals surface area contributed by atoms with Crippen LogP contribution in [0.5, 0.6) is 0 Å². The molecule has 2 fully saturated rings. The number of aliphatic hydroxyl groups excluding tert-OH is 6. The van der Waals surface area contributed by atoms with Crippen LogP contribution in [0.25, 0.3) is 0 Å². The Hall–Kier alpha value is -0.360. The van der Waals surface area contributed by atoms with Crippen LogP contribution in [0.4, 0.5) is 0 Å². The number of unbranched alkanes of at least 4 members (excludes halogenated alkanes) is 2. The molecule has 0 aromatic heterocycles. The fraction of sp³-hybridized carbons (Fsp3) is 1.00. The highest BCUT2D eigenvalue weighted by Gasteiger charge is 2.49. The van der Waals surface area contributed by atoms with Gasteiger partial charge in [-0.05, 0) is 24.7 Å². The zero-order valence-electron chi connectivity index (χ0n) is 20.1. The third kappa shape index (κ3) is 7.81. The van der Waals surface area contributed by atoms with Crippen molar-refractivity contribution in [1.29, 1.82) is 0 Å². The third-order valence-corrected chi connectivity index (χ3v) is 7.54. The molecule has 7 N–H and O–H groups in total. The minimum Gasteiger partial charge on any atom is -0.388 e. The van der Waals surface area contributed by atoms with Gasteiger partial charge in [-0.1, -0.05) is 58.8 Å². The van der Waals surface area contributed by atoms with E-state index in [4.69, 9.17) is 9.47 Å². The van der Waals surface area contributed by atoms with Crippen LogP contribution < -0.4 is 0 Å². The second kappa shape index (κ2) is 13.7. The van der Waals surface area contributed by atoms with Gasteiger partial charge in [0.25, 0.3) is 0 Å². The summed E-state index contributed by atoms with van der Waals surface area (Å²) >= 11 is 0. The van der Waals surface area contributed by atoms with Gasteiger partial charge in [0.2, 0.25) is 0 Å². The molecule has 2 heterocycles. The van der Waals surface area contributed by atoms with Crippen LogP contribution in [0.15, 0.2) is 0 Å². The van der Waals surface area contributed by atoms with E-state index in [0.29, 0.717) is 18.8 Å². The summed E-state index contributed by atoms with van der Waals surface area (Å²) in [7, 11) is 0. The third-order valence-electron chi connectivity index (χ3n) is 7.54. The molecule has 0 saturated carbocycles. The first kappa shape index (κ1) is 28.9. The fourth-order valence-electron chi connectivity index (χ4n) is 5.10. The van der Waals surface area contributed by atoms with Gasteiger partial charge in [-0.25, -0.2) is 0 Å². The maximum absolute atomic E-state index is 10.8. The zero-order chi connectivity index (χ0) is 24.6. The molecule has 0 bridgehead atoms. The van der Waals surface area contributed by atoms with E-state index in [-0.39, 0.29) is 25.6 Å². The predicted molar refractivity (Wildman–Crippen MR) is 121 cm³/mol. The normalized spacial score (nSPS) is 39.4. The SMILES string of the molecule is CCCCC(CC)CCCCC(CC[C@@]1(O)OC[C@@H](O)[C@H](O)[C@H]1O)[C@@H]1OC[C@@H](O)[C@H](O)[C@H]1O. The summed E-state index contributed by atoms with van der Waals surface area (Å²) < 4.78 is 11.0. The van der Waals surface area contributed by atoms with Crippen LogP contribution in [0.2, 0.25) is 0 Å². The number of ether oxygens (including phenoxy) is 2. The minimum absolute atomic E-state index is 0.0398. The van der Waals surface area contributed by atoms with E-state index in [1.807, 2.05) is 0 Å². The average Bonchev–Trinajstić information content (AvgIpc) is 2.81. The Morgan fingerprint density at radius 3 is 2.09 bits per heavy atom. The van der Waals surface area contributed by atoms with Gasteiger partial charge in [-0.15, -0.1) is 0 Å². The monoisotopic (exact) mass is 478 g/mol. The molecule has 0 radical (unpaired) electrons. The van der Waals surface area contributed by atoms with E-state index < -0.39 is 48.5 Å². The van der Waals surface area contributed by atoms with Crippen LogP contribution in [-0.4, -0.2) is 97.5 Å². The van der Waals surface area contributed by atoms with Gasteiger partial charge >= 0.3 is 0 Å². The van der Waals surface area contributed by atoms with E-state index >= 15 is 0 Å². The van der Waals surface area contributed by atoms with E-state index in [1.54, 1.807) is 0 Å². The maximum Gasteiger partial charge on any atom is 0.194 e. The minimum atomic E-state index is -2.03. The first-order chi connectivity index (χ1) is 15.6. The van der Waals surface area contributed by atoms with Crippen molar-refractivity contribution in [3.05, 3.63) is 0 Å². The Bertz CT molecular complexity index is 550. The van der Waals surface area contributed by atoms with Crippen LogP contribution in [0.1, 0.15) is 78.1 Å². The molecule has 2 rings (SSSR count). The summed E-state index contributed by atoms with van der Waals surface area (Å²) in [5, 5.41) is 71.1. The molecule has 0 amide bonds. The van der Waals surface area contributed by atoms with Crippen LogP contribution in [0, 0.1) is 11.8 Å². The predicted octanol–water partition coefficient (Wildman–Crippen LogP) is 0.443. The molecular weight excluding hydrogens is 432 g/mol. The molecule has 9 nitrogen and oxygen atoms in total. The zero-order valence-corrected chi connectivity index (χ0v) is 20.1. The summed E-state index contributed by atoms with van der Waals surface area (Å²) in [4.78, 5) is 0. The molecule has 2 aliphatic rings. The lowest BCUT2D eigenvalue weighted by Crippen LogP contribution is -2.61. The Labute approximate surface area is 197 Å². The van der Waals surface area contributed by atoms with E-state index in [9.17, 15) is 35.7 Å². The second-order valence-electron chi connectivity index (χ2n) is 10.0. The van der Waals surface area contributed by atoms with E-state index in [2.05, 4.69) is 13.8 Å². The van der Waals surface area contributed by atoms with Crippen LogP contribution in [-0.2, 0) is 9.47 Å². The Balaban J connectivity index is 1.99. The quantitative estimate of drug-likeness (QED) is 0.186. The fourth-order valence-corrected chi connectivity index (χ4v) is 5.10. The van der Waals surface area contributed by atoms with E-state index in [1.165, 1.54) is 19.3 Å². The van der Waals surface area contributed by atoms with Gasteiger partial charge < -0.3 is 45.2 Å². The lowest BCUT2D eigenvalue weighted by Gasteiger charge is -2.43. The molecule has 2 unspecified atom stereocenters. The Kier molecular flexibility index (Phi) is 11.9. The summed E-state index contributed by atoms with van der Waals surface area (Å²) in [6.45, 7) is 4.01. The maximum atomic E-state index is 10.8. The van der Waals surface area contributed by atoms with Crippen molar-refractivity contribution in [3.63, 3.8) is 0 Å². The van der Waals surface area contributed by atoms with Crippen molar-refractivity contribution >= 4 is 0 Å². The summed E-state index contributed by atoms with van der Waals surface area (Å²) in [6.07, 6.45) is -0.232. The highest BCUT2D eigenvalue weighted by molar-refractivity contribution is 4.94. The largest absolute Gasteiger partial charge is 0.388 e. The molecule has 9 heteroatoms. The van der Waals surface area contributed by atoms with Gasteiger partial charge in [0.1, 0.15) is 36.6 Å². The molecule has 2 saturated heterocycles. The summed E-state index contributed by atoms with van der Waals surface area (Å²) in [6, 6.07) is 0. The summed E-state index contributed by atoms with van der Waals surface area (Å²) in [5.41, 5.74) is 0. The molecular formula is C24H46O9. The standard InChI is InChI=1S/C24H46O9/c1-3-5-8-15(4-2)9-6-7-10-16(22-21(29)19(27)17(25)13-32-22)11-12-24(31)23(30)20(28)18(26)14-33-24/h15-23,25-31H,3-14H2,1-2H3/t15?,16?,17-,18-,19+,20+,21-,22+,23-,24-/m1/s1. The topological polar surface area (TPSA) is 160 Å². The lowest BCUT2D eigenvalue weighted by molar-refractivity contribution is -0.325. The molecule has 0 aromatic rings. The second-order valence-corrected chi connectivity index (χ2v) is 10.0. The average molecular weight is 479 g/mol. The summed E-state index contributed by atoms with van der Waals surface area (Å²) in [5.74, 6) is -1.60. The van der Waals surface area contributed by atoms with Crippen LogP contribution >= 0.6 is 0 Å². The molecule has 0 aromatic carbocycles. The molecule has 0 spiro atoms. The number of hydrogen-bond acceptors (Lipinski definition) is 9. The number of rotatable bonds is 13. The molecule has 10 atom stereocenters. The van der Waals surface area contributed by atoms with Crippen molar-refractivity contribution in [2.45, 2.75) is 127 Å². The van der Waals surface area contributed by atoms with Crippen molar-refractivity contribution in [2.24, 2.45) is 11.8 Å². The molecule has 2 aliphatic heterocycles. The lowest BCUT2D eigenvalue weighted by atomic mass is 9.81. The van der Waals surface area contributed by atoms with Gasteiger partial charge in [0.15, 0.2) is 5.79 Å². The van der Waals surface area contributed by atoms with Crippen molar-refractivity contribution in [2.75, 3.05) is 13.2 Å². The molecule has 0 aliphatic carbocycles. The molecule has 196 valence electrons. The van der Waals surface area contributed by atoms with Crippen molar-refractivity contribution < 1.29 is 45.2 Å². The van der Waals surface area contributed by atoms with E-state index in [0.717, 1.165) is 25.7 Å². The smallest absolute Gasteiger partial charge is 0.194 e. The Morgan fingerprint density at radius 2 is 1.42 bits per heavy atom. The van der Waals surface area contributed by atoms with Gasteiger partial charge in [-0.3, -0.25) is 0 Å².